The number of hydrogen-bond donors (Lipinski definition) is 1. The molecule has 0 spiro atoms. The molecule has 1 atom stereocenters. The Balaban J connectivity index is 1.81. The fraction of sp³-hybridized carbons (Fsp3) is 0.231. The Hall–Kier alpha value is -2.98. The van der Waals surface area contributed by atoms with Crippen LogP contribution in [-0.2, 0) is 0 Å². The summed E-state index contributed by atoms with van der Waals surface area (Å²) in [5.74, 6) is -0.976. The second kappa shape index (κ2) is 10.2. The van der Waals surface area contributed by atoms with E-state index in [0.717, 1.165) is 22.9 Å². The van der Waals surface area contributed by atoms with Crippen molar-refractivity contribution >= 4 is 16.8 Å². The monoisotopic (exact) mass is 408 g/mol. The minimum atomic E-state index is -0.855. The lowest BCUT2D eigenvalue weighted by Crippen LogP contribution is -1.97. The predicted octanol–water partition coefficient (Wildman–Crippen LogP) is 6.91. The Bertz CT molecular complexity index is 1050. The van der Waals surface area contributed by atoms with Gasteiger partial charge in [0.2, 0.25) is 0 Å². The van der Waals surface area contributed by atoms with Crippen molar-refractivity contribution in [2.24, 2.45) is 0 Å². The van der Waals surface area contributed by atoms with Crippen LogP contribution in [0.15, 0.2) is 67.3 Å². The molecule has 3 aromatic carbocycles. The number of aliphatic hydroxyl groups is 1. The molecule has 0 aliphatic carbocycles. The Morgan fingerprint density at radius 2 is 1.80 bits per heavy atom. The van der Waals surface area contributed by atoms with Crippen LogP contribution < -0.4 is 4.74 Å². The molecule has 0 bridgehead atoms. The van der Waals surface area contributed by atoms with Crippen molar-refractivity contribution in [1.82, 2.24) is 0 Å². The largest absolute Gasteiger partial charge is 0.490 e. The fourth-order valence-corrected chi connectivity index (χ4v) is 3.29. The zero-order valence-electron chi connectivity index (χ0n) is 17.1. The molecule has 0 aromatic heterocycles. The first-order valence-electron chi connectivity index (χ1n) is 10.1. The first-order valence-corrected chi connectivity index (χ1v) is 10.1. The van der Waals surface area contributed by atoms with Crippen LogP contribution in [-0.4, -0.2) is 17.8 Å². The van der Waals surface area contributed by atoms with E-state index in [0.29, 0.717) is 25.0 Å². The van der Waals surface area contributed by atoms with Crippen LogP contribution in [0.3, 0.4) is 0 Å². The molecule has 1 unspecified atom stereocenters. The maximum absolute atomic E-state index is 14.8. The molecule has 0 aliphatic heterocycles. The van der Waals surface area contributed by atoms with E-state index in [1.165, 1.54) is 0 Å². The molecule has 0 fully saturated rings. The summed E-state index contributed by atoms with van der Waals surface area (Å²) in [6, 6.07) is 14.3. The lowest BCUT2D eigenvalue weighted by molar-refractivity contribution is 0.182. The molecule has 156 valence electrons. The Labute approximate surface area is 176 Å². The second-order valence-corrected chi connectivity index (χ2v) is 7.34. The van der Waals surface area contributed by atoms with E-state index in [1.807, 2.05) is 36.4 Å². The van der Waals surface area contributed by atoms with E-state index in [2.05, 4.69) is 6.58 Å². The van der Waals surface area contributed by atoms with Crippen LogP contribution >= 0.6 is 0 Å². The van der Waals surface area contributed by atoms with Gasteiger partial charge in [0.05, 0.1) is 6.10 Å². The third-order valence-corrected chi connectivity index (χ3v) is 4.89. The van der Waals surface area contributed by atoms with E-state index >= 15 is 0 Å². The molecule has 0 aliphatic rings. The van der Waals surface area contributed by atoms with Crippen LogP contribution in [0.25, 0.3) is 28.0 Å². The average molecular weight is 408 g/mol. The molecular weight excluding hydrogens is 382 g/mol. The predicted molar refractivity (Wildman–Crippen MR) is 120 cm³/mol. The van der Waals surface area contributed by atoms with Gasteiger partial charge in [0, 0.05) is 11.1 Å². The van der Waals surface area contributed by atoms with Crippen molar-refractivity contribution in [2.75, 3.05) is 6.61 Å². The van der Waals surface area contributed by atoms with E-state index < -0.39 is 11.6 Å². The summed E-state index contributed by atoms with van der Waals surface area (Å²) in [5.41, 5.74) is 1.07. The number of benzene rings is 3. The zero-order valence-corrected chi connectivity index (χ0v) is 17.1. The highest BCUT2D eigenvalue weighted by Crippen LogP contribution is 2.31. The maximum atomic E-state index is 14.8. The molecule has 0 radical (unpaired) electrons. The summed E-state index contributed by atoms with van der Waals surface area (Å²) in [6.45, 7) is 5.79. The number of aliphatic hydroxyl groups excluding tert-OH is 1. The summed E-state index contributed by atoms with van der Waals surface area (Å²) < 4.78 is 34.9. The van der Waals surface area contributed by atoms with Gasteiger partial charge < -0.3 is 9.84 Å². The number of rotatable bonds is 9. The third-order valence-electron chi connectivity index (χ3n) is 4.89. The molecule has 2 nitrogen and oxygen atoms in total. The average Bonchev–Trinajstić information content (AvgIpc) is 2.74. The summed E-state index contributed by atoms with van der Waals surface area (Å²) in [7, 11) is 0. The van der Waals surface area contributed by atoms with E-state index in [9.17, 15) is 13.9 Å². The minimum absolute atomic E-state index is 0.220. The topological polar surface area (TPSA) is 29.5 Å². The number of fused-ring (bicyclic) bond motifs is 1. The van der Waals surface area contributed by atoms with Gasteiger partial charge in [0.25, 0.3) is 0 Å². The molecule has 0 saturated carbocycles. The van der Waals surface area contributed by atoms with E-state index in [-0.39, 0.29) is 17.2 Å². The van der Waals surface area contributed by atoms with E-state index in [4.69, 9.17) is 4.74 Å². The van der Waals surface area contributed by atoms with Crippen LogP contribution in [0, 0.1) is 11.6 Å². The van der Waals surface area contributed by atoms with Gasteiger partial charge in [-0.1, -0.05) is 55.1 Å². The Morgan fingerprint density at radius 3 is 2.57 bits per heavy atom. The fourth-order valence-electron chi connectivity index (χ4n) is 3.29. The zero-order chi connectivity index (χ0) is 21.5. The summed E-state index contributed by atoms with van der Waals surface area (Å²) in [4.78, 5) is 0. The second-order valence-electron chi connectivity index (χ2n) is 7.34. The Kier molecular flexibility index (Phi) is 7.36. The molecule has 3 rings (SSSR count). The van der Waals surface area contributed by atoms with Crippen molar-refractivity contribution < 1.29 is 18.6 Å². The molecule has 4 heteroatoms. The summed E-state index contributed by atoms with van der Waals surface area (Å²) in [5, 5.41) is 11.1. The van der Waals surface area contributed by atoms with Crippen LogP contribution in [0.2, 0.25) is 0 Å². The van der Waals surface area contributed by atoms with Crippen molar-refractivity contribution in [1.29, 1.82) is 0 Å². The molecule has 0 heterocycles. The highest BCUT2D eigenvalue weighted by atomic mass is 19.2. The van der Waals surface area contributed by atoms with Crippen LogP contribution in [0.5, 0.6) is 5.75 Å². The van der Waals surface area contributed by atoms with Crippen molar-refractivity contribution in [2.45, 2.75) is 32.3 Å². The molecular formula is C26H26F2O2. The van der Waals surface area contributed by atoms with Gasteiger partial charge in [0.1, 0.15) is 12.4 Å². The number of unbranched alkanes of at least 4 members (excludes halogenated alkanes) is 1. The number of halogens is 2. The summed E-state index contributed by atoms with van der Waals surface area (Å²) in [6.07, 6.45) is 6.92. The molecule has 0 amide bonds. The van der Waals surface area contributed by atoms with Gasteiger partial charge in [-0.25, -0.2) is 8.78 Å². The summed E-state index contributed by atoms with van der Waals surface area (Å²) >= 11 is 0. The van der Waals surface area contributed by atoms with Crippen molar-refractivity contribution in [3.8, 4) is 16.9 Å². The Morgan fingerprint density at radius 1 is 1.03 bits per heavy atom. The van der Waals surface area contributed by atoms with Gasteiger partial charge >= 0.3 is 0 Å². The molecule has 1 N–H and O–H groups in total. The van der Waals surface area contributed by atoms with Gasteiger partial charge in [-0.05, 0) is 60.7 Å². The molecule has 0 saturated heterocycles. The minimum Gasteiger partial charge on any atom is -0.490 e. The number of allylic oxidation sites excluding steroid dienone is 1. The standard InChI is InChI=1S/C26H26F2O2/c1-3-15-30-23-13-11-20-16-22(10-9-21(20)17-23)24-14-12-19(25(27)26(24)28)8-6-4-5-7-18(2)29/h3,6,8-14,16-18,29H,1,4-5,7,15H2,2H3. The number of ether oxygens (including phenoxy) is 1. The quantitative estimate of drug-likeness (QED) is 0.308. The number of hydrogen-bond acceptors (Lipinski definition) is 2. The first kappa shape index (κ1) is 21.7. The highest BCUT2D eigenvalue weighted by molar-refractivity contribution is 5.88. The highest BCUT2D eigenvalue weighted by Gasteiger charge is 2.14. The third kappa shape index (κ3) is 5.33. The van der Waals surface area contributed by atoms with Crippen LogP contribution in [0.1, 0.15) is 31.7 Å². The first-order chi connectivity index (χ1) is 14.5. The lowest BCUT2D eigenvalue weighted by atomic mass is 9.99. The smallest absolute Gasteiger partial charge is 0.167 e. The maximum Gasteiger partial charge on any atom is 0.167 e. The van der Waals surface area contributed by atoms with E-state index in [1.54, 1.807) is 37.3 Å². The van der Waals surface area contributed by atoms with Gasteiger partial charge in [-0.3, -0.25) is 0 Å². The normalized spacial score (nSPS) is 12.4. The van der Waals surface area contributed by atoms with Gasteiger partial charge in [0.15, 0.2) is 11.6 Å². The van der Waals surface area contributed by atoms with Crippen molar-refractivity contribution in [3.05, 3.63) is 84.5 Å². The van der Waals surface area contributed by atoms with Crippen molar-refractivity contribution in [3.63, 3.8) is 0 Å². The SMILES string of the molecule is C=CCOc1ccc2cc(-c3ccc(C=CCCCC(C)O)c(F)c3F)ccc2c1. The molecule has 30 heavy (non-hydrogen) atoms. The molecule has 3 aromatic rings. The van der Waals surface area contributed by atoms with Crippen LogP contribution in [0.4, 0.5) is 8.78 Å². The lowest BCUT2D eigenvalue weighted by Gasteiger charge is -2.09. The van der Waals surface area contributed by atoms with Gasteiger partial charge in [-0.15, -0.1) is 0 Å². The van der Waals surface area contributed by atoms with Gasteiger partial charge in [-0.2, -0.15) is 0 Å².